The minimum atomic E-state index is -4.04. The first-order valence-electron chi connectivity index (χ1n) is 4.87. The number of nitrogens with one attached hydrogen (secondary N) is 1. The van der Waals surface area contributed by atoms with Crippen LogP contribution in [-0.2, 0) is 14.9 Å². The van der Waals surface area contributed by atoms with Gasteiger partial charge in [0, 0.05) is 6.42 Å². The van der Waals surface area contributed by atoms with Gasteiger partial charge in [0.1, 0.15) is 0 Å². The van der Waals surface area contributed by atoms with Gasteiger partial charge >= 0.3 is 0 Å². The smallest absolute Gasteiger partial charge is 0.265 e. The van der Waals surface area contributed by atoms with Crippen LogP contribution in [0.1, 0.15) is 12.8 Å². The first-order valence-corrected chi connectivity index (χ1v) is 6.48. The maximum Gasteiger partial charge on any atom is 0.265 e. The molecule has 0 aliphatic rings. The van der Waals surface area contributed by atoms with E-state index < -0.39 is 21.8 Å². The zero-order valence-electron chi connectivity index (χ0n) is 9.39. The van der Waals surface area contributed by atoms with Crippen molar-refractivity contribution in [3.05, 3.63) is 11.6 Å². The molecule has 0 fully saturated rings. The number of aliphatic carboxylic acids is 1. The lowest BCUT2D eigenvalue weighted by Gasteiger charge is -2.11. The Labute approximate surface area is 95.3 Å². The monoisotopic (exact) mass is 251 g/mol. The first-order chi connectivity index (χ1) is 7.22. The molecule has 0 atom stereocenters. The van der Waals surface area contributed by atoms with Crippen molar-refractivity contribution in [3.8, 4) is 0 Å². The zero-order chi connectivity index (χ0) is 12.8. The average Bonchev–Trinajstić information content (AvgIpc) is 2.07. The molecular weight excluding hydrogens is 234 g/mol. The Hall–Kier alpha value is -0.920. The predicted molar refractivity (Wildman–Crippen MR) is 56.4 cm³/mol. The van der Waals surface area contributed by atoms with Crippen molar-refractivity contribution >= 4 is 16.1 Å². The number of carboxylic acids is 1. The van der Waals surface area contributed by atoms with Crippen LogP contribution in [0.2, 0.25) is 0 Å². The Morgan fingerprint density at radius 3 is 2.38 bits per heavy atom. The number of carbonyl (C=O) groups excluding carboxylic acids is 1. The molecule has 6 nitrogen and oxygen atoms in total. The molecule has 2 N–H and O–H groups in total. The van der Waals surface area contributed by atoms with E-state index in [1.165, 1.54) is 6.08 Å². The third kappa shape index (κ3) is 8.39. The van der Waals surface area contributed by atoms with Gasteiger partial charge in [-0.05, 0) is 12.0 Å². The van der Waals surface area contributed by atoms with Crippen LogP contribution < -0.4 is 10.0 Å². The fraction of sp³-hybridized carbons (Fsp3) is 0.667. The van der Waals surface area contributed by atoms with E-state index in [0.29, 0.717) is 13.0 Å². The largest absolute Gasteiger partial charge is 0.545 e. The van der Waals surface area contributed by atoms with Crippen LogP contribution in [0.4, 0.5) is 0 Å². The number of quaternary nitrogens is 1. The average molecular weight is 251 g/mol. The Morgan fingerprint density at radius 2 is 2.00 bits per heavy atom. The number of hydrogen-bond donors (Lipinski definition) is 2. The lowest BCUT2D eigenvalue weighted by atomic mass is 10.1. The van der Waals surface area contributed by atoms with E-state index in [2.05, 4.69) is 0 Å². The number of hydrogen-bond acceptors (Lipinski definition) is 4. The summed E-state index contributed by atoms with van der Waals surface area (Å²) in [6.45, 7) is 0.617. The summed E-state index contributed by atoms with van der Waals surface area (Å²) >= 11 is 0. The van der Waals surface area contributed by atoms with Gasteiger partial charge in [0.05, 0.1) is 32.4 Å². The highest BCUT2D eigenvalue weighted by Crippen LogP contribution is 2.01. The number of allylic oxidation sites excluding steroid dienone is 1. The second-order valence-corrected chi connectivity index (χ2v) is 5.37. The van der Waals surface area contributed by atoms with Gasteiger partial charge in [0.15, 0.2) is 0 Å². The fourth-order valence-electron chi connectivity index (χ4n) is 1.05. The highest BCUT2D eigenvalue weighted by Gasteiger charge is 2.05. The molecule has 0 rings (SSSR count). The molecule has 0 bridgehead atoms. The van der Waals surface area contributed by atoms with E-state index in [1.807, 2.05) is 14.1 Å². The normalized spacial score (nSPS) is 13.1. The maximum atomic E-state index is 10.7. The summed E-state index contributed by atoms with van der Waals surface area (Å²) in [6, 6.07) is 0. The molecule has 0 radical (unpaired) electrons. The molecule has 0 unspecified atom stereocenters. The Balaban J connectivity index is 4.31. The van der Waals surface area contributed by atoms with Gasteiger partial charge in [0.25, 0.3) is 10.1 Å². The van der Waals surface area contributed by atoms with Gasteiger partial charge < -0.3 is 14.8 Å². The van der Waals surface area contributed by atoms with Crippen LogP contribution in [0.15, 0.2) is 11.6 Å². The number of carbonyl (C=O) groups is 1. The van der Waals surface area contributed by atoms with Crippen molar-refractivity contribution in [1.82, 2.24) is 0 Å². The van der Waals surface area contributed by atoms with E-state index in [1.54, 1.807) is 0 Å². The molecule has 0 heterocycles. The summed E-state index contributed by atoms with van der Waals surface area (Å²) in [7, 11) is -0.280. The van der Waals surface area contributed by atoms with Crippen LogP contribution >= 0.6 is 0 Å². The van der Waals surface area contributed by atoms with Gasteiger partial charge in [-0.1, -0.05) is 6.08 Å². The van der Waals surface area contributed by atoms with Crippen LogP contribution in [0, 0.1) is 0 Å². The summed E-state index contributed by atoms with van der Waals surface area (Å²) in [5, 5.41) is 10.7. The van der Waals surface area contributed by atoms with Crippen LogP contribution in [0.25, 0.3) is 0 Å². The van der Waals surface area contributed by atoms with Gasteiger partial charge in [-0.3, -0.25) is 4.55 Å². The standard InChI is InChI=1S/C9H17NO5S/c1-10(2)6-5-8(9(11)12)4-3-7-16(13,14)15/h4H,3,5-7H2,1-2H3,(H,11,12)(H,13,14,15). The van der Waals surface area contributed by atoms with E-state index in [9.17, 15) is 18.3 Å². The minimum Gasteiger partial charge on any atom is -0.545 e. The van der Waals surface area contributed by atoms with Crippen molar-refractivity contribution in [1.29, 1.82) is 0 Å². The van der Waals surface area contributed by atoms with E-state index >= 15 is 0 Å². The topological polar surface area (TPSA) is 98.9 Å². The van der Waals surface area contributed by atoms with Crippen molar-refractivity contribution in [2.24, 2.45) is 0 Å². The Morgan fingerprint density at radius 1 is 1.44 bits per heavy atom. The quantitative estimate of drug-likeness (QED) is 0.384. The second kappa shape index (κ2) is 6.62. The highest BCUT2D eigenvalue weighted by atomic mass is 32.2. The molecule has 0 amide bonds. The van der Waals surface area contributed by atoms with Gasteiger partial charge in [0.2, 0.25) is 0 Å². The zero-order valence-corrected chi connectivity index (χ0v) is 10.2. The predicted octanol–water partition coefficient (Wildman–Crippen LogP) is -2.52. The molecule has 0 saturated heterocycles. The molecule has 0 aromatic carbocycles. The molecule has 0 aromatic rings. The van der Waals surface area contributed by atoms with E-state index in [0.717, 1.165) is 4.90 Å². The molecule has 16 heavy (non-hydrogen) atoms. The third-order valence-corrected chi connectivity index (χ3v) is 2.67. The molecular formula is C9H17NO5S. The van der Waals surface area contributed by atoms with Crippen molar-refractivity contribution in [2.75, 3.05) is 26.4 Å². The van der Waals surface area contributed by atoms with Crippen molar-refractivity contribution in [3.63, 3.8) is 0 Å². The molecule has 7 heteroatoms. The SMILES string of the molecule is C[NH+](C)CCC(=CCCS(=O)(=O)O)C(=O)[O-]. The second-order valence-electron chi connectivity index (χ2n) is 3.80. The van der Waals surface area contributed by atoms with Crippen LogP contribution in [-0.4, -0.2) is 45.3 Å². The first kappa shape index (κ1) is 15.1. The van der Waals surface area contributed by atoms with Crippen molar-refractivity contribution < 1.29 is 27.8 Å². The lowest BCUT2D eigenvalue weighted by molar-refractivity contribution is -0.857. The maximum absolute atomic E-state index is 10.7. The molecule has 0 spiro atoms. The summed E-state index contributed by atoms with van der Waals surface area (Å²) in [5.41, 5.74) is 0.0739. The summed E-state index contributed by atoms with van der Waals surface area (Å²) in [5.74, 6) is -1.77. The minimum absolute atomic E-state index is 0.0229. The summed E-state index contributed by atoms with van der Waals surface area (Å²) in [6.07, 6.45) is 1.58. The summed E-state index contributed by atoms with van der Waals surface area (Å²) < 4.78 is 29.3. The van der Waals surface area contributed by atoms with Crippen LogP contribution in [0.5, 0.6) is 0 Å². The number of rotatable bonds is 7. The molecule has 0 aliphatic heterocycles. The molecule has 0 aliphatic carbocycles. The van der Waals surface area contributed by atoms with E-state index in [-0.39, 0.29) is 12.0 Å². The Bertz CT molecular complexity index is 358. The van der Waals surface area contributed by atoms with Gasteiger partial charge in [-0.15, -0.1) is 0 Å². The van der Waals surface area contributed by atoms with Gasteiger partial charge in [-0.2, -0.15) is 8.42 Å². The third-order valence-electron chi connectivity index (χ3n) is 1.92. The highest BCUT2D eigenvalue weighted by molar-refractivity contribution is 7.85. The van der Waals surface area contributed by atoms with Crippen LogP contribution in [0.3, 0.4) is 0 Å². The number of carboxylic acid groups (broad SMARTS) is 1. The fourth-order valence-corrected chi connectivity index (χ4v) is 1.47. The summed E-state index contributed by atoms with van der Waals surface area (Å²) in [4.78, 5) is 11.8. The van der Waals surface area contributed by atoms with E-state index in [4.69, 9.17) is 4.55 Å². The Kier molecular flexibility index (Phi) is 6.24. The molecule has 94 valence electrons. The molecule has 0 aromatic heterocycles. The van der Waals surface area contributed by atoms with Gasteiger partial charge in [-0.25, -0.2) is 0 Å². The lowest BCUT2D eigenvalue weighted by Crippen LogP contribution is -3.05. The molecule has 0 saturated carbocycles. The van der Waals surface area contributed by atoms with Crippen molar-refractivity contribution in [2.45, 2.75) is 12.8 Å².